The molecule has 3 heteroatoms. The van der Waals surface area contributed by atoms with Crippen LogP contribution in [0.1, 0.15) is 43.2 Å². The molecule has 2 radical (unpaired) electrons. The number of pyridine rings is 1. The van der Waals surface area contributed by atoms with Gasteiger partial charge in [-0.1, -0.05) is 0 Å². The molecule has 0 fully saturated rings. The average Bonchev–Trinajstić information content (AvgIpc) is 2.45. The van der Waals surface area contributed by atoms with Crippen LogP contribution in [0.2, 0.25) is 3.43 Å². The topological polar surface area (TPSA) is 30.0 Å². The van der Waals surface area contributed by atoms with Gasteiger partial charge in [0.15, 0.2) is 0 Å². The van der Waals surface area contributed by atoms with Gasteiger partial charge < -0.3 is 0 Å². The second-order valence-corrected chi connectivity index (χ2v) is 11.5. The van der Waals surface area contributed by atoms with E-state index in [0.717, 1.165) is 17.7 Å². The molecule has 15 heavy (non-hydrogen) atoms. The van der Waals surface area contributed by atoms with Crippen LogP contribution in [0.3, 0.4) is 0 Å². The minimum atomic E-state index is -0.670. The zero-order chi connectivity index (χ0) is 11.1. The fourth-order valence-corrected chi connectivity index (χ4v) is 4.90. The Bertz CT molecular complexity index is 407. The summed E-state index contributed by atoms with van der Waals surface area (Å²) in [6.45, 7) is 6.78. The fourth-order valence-electron chi connectivity index (χ4n) is 1.75. The first-order valence-corrected chi connectivity index (χ1v) is 8.12. The molecule has 0 aliphatic heterocycles. The number of nitrogens with zero attached hydrogens (tertiary/aromatic N) is 1. The monoisotopic (exact) mass is 309 g/mol. The molecule has 0 unspecified atom stereocenters. The Balaban J connectivity index is 2.30. The molecule has 1 aliphatic carbocycles. The van der Waals surface area contributed by atoms with Gasteiger partial charge in [0.05, 0.1) is 0 Å². The summed E-state index contributed by atoms with van der Waals surface area (Å²) in [5, 5.41) is 0. The quantitative estimate of drug-likeness (QED) is 0.740. The first-order chi connectivity index (χ1) is 6.96. The van der Waals surface area contributed by atoms with Crippen molar-refractivity contribution in [1.29, 1.82) is 0 Å². The zero-order valence-corrected chi connectivity index (χ0v) is 12.3. The molecule has 0 amide bonds. The average molecular weight is 308 g/mol. The Labute approximate surface area is 101 Å². The summed E-state index contributed by atoms with van der Waals surface area (Å²) in [5.74, 6) is 0.236. The van der Waals surface area contributed by atoms with Crippen LogP contribution in [0.5, 0.6) is 0 Å². The molecule has 0 bridgehead atoms. The molecule has 1 aliphatic rings. The van der Waals surface area contributed by atoms with Gasteiger partial charge in [-0.05, 0) is 0 Å². The molecule has 0 saturated heterocycles. The van der Waals surface area contributed by atoms with Gasteiger partial charge in [-0.2, -0.15) is 0 Å². The summed E-state index contributed by atoms with van der Waals surface area (Å²) in [5.41, 5.74) is 1.91. The number of fused-ring (bicyclic) bond motifs is 1. The van der Waals surface area contributed by atoms with Gasteiger partial charge in [0.2, 0.25) is 0 Å². The van der Waals surface area contributed by atoms with Crippen LogP contribution in [0.15, 0.2) is 12.1 Å². The van der Waals surface area contributed by atoms with Crippen molar-refractivity contribution in [3.8, 4) is 0 Å². The van der Waals surface area contributed by atoms with Crippen LogP contribution in [0.25, 0.3) is 0 Å². The van der Waals surface area contributed by atoms with Crippen molar-refractivity contribution < 1.29 is 4.79 Å². The van der Waals surface area contributed by atoms with Gasteiger partial charge in [0.1, 0.15) is 0 Å². The first-order valence-electron chi connectivity index (χ1n) is 5.27. The molecular weight excluding hydrogens is 293 g/mol. The van der Waals surface area contributed by atoms with E-state index in [-0.39, 0.29) is 5.78 Å². The zero-order valence-electron chi connectivity index (χ0n) is 9.42. The number of aryl methyl sites for hydroxylation is 1. The molecule has 2 rings (SSSR count). The van der Waals surface area contributed by atoms with E-state index in [0.29, 0.717) is 9.85 Å². The van der Waals surface area contributed by atoms with E-state index in [1.165, 1.54) is 3.71 Å². The molecule has 0 atom stereocenters. The SMILES string of the molecule is C[C](C)(C)[Sn][c]1ccc2c(n1)C(=O)CC2. The number of carbonyl (C=O) groups excluding carboxylic acids is 1. The van der Waals surface area contributed by atoms with Crippen LogP contribution in [-0.4, -0.2) is 31.9 Å². The summed E-state index contributed by atoms with van der Waals surface area (Å²) >= 11 is -0.670. The molecule has 1 aromatic rings. The van der Waals surface area contributed by atoms with Gasteiger partial charge in [0.25, 0.3) is 0 Å². The molecule has 0 N–H and O–H groups in total. The van der Waals surface area contributed by atoms with Crippen molar-refractivity contribution in [3.05, 3.63) is 23.4 Å². The predicted molar refractivity (Wildman–Crippen MR) is 62.0 cm³/mol. The van der Waals surface area contributed by atoms with Gasteiger partial charge in [-0.15, -0.1) is 0 Å². The van der Waals surface area contributed by atoms with Crippen LogP contribution in [-0.2, 0) is 6.42 Å². The van der Waals surface area contributed by atoms with Gasteiger partial charge >= 0.3 is 101 Å². The van der Waals surface area contributed by atoms with Gasteiger partial charge in [-0.25, -0.2) is 0 Å². The minimum absolute atomic E-state index is 0.236. The van der Waals surface area contributed by atoms with Crippen LogP contribution >= 0.6 is 0 Å². The van der Waals surface area contributed by atoms with Crippen LogP contribution in [0.4, 0.5) is 0 Å². The third-order valence-electron chi connectivity index (χ3n) is 2.37. The van der Waals surface area contributed by atoms with Crippen molar-refractivity contribution >= 4 is 30.6 Å². The maximum atomic E-state index is 11.5. The van der Waals surface area contributed by atoms with E-state index in [9.17, 15) is 4.79 Å². The Morgan fingerprint density at radius 1 is 1.27 bits per heavy atom. The first kappa shape index (κ1) is 11.1. The van der Waals surface area contributed by atoms with Crippen molar-refractivity contribution in [2.45, 2.75) is 37.0 Å². The standard InChI is InChI=1S/C8H6NO.C4H9.Sn/c10-7-4-3-6-2-1-5-9-8(6)7;1-4(2)3;/h1-2H,3-4H2;1-3H3;. The molecule has 0 aromatic carbocycles. The molecule has 78 valence electrons. The third kappa shape index (κ3) is 2.59. The maximum absolute atomic E-state index is 11.5. The molecule has 2 nitrogen and oxygen atoms in total. The summed E-state index contributed by atoms with van der Waals surface area (Å²) < 4.78 is 1.60. The van der Waals surface area contributed by atoms with Crippen molar-refractivity contribution in [2.75, 3.05) is 0 Å². The molecule has 0 spiro atoms. The Morgan fingerprint density at radius 2 is 2.00 bits per heavy atom. The Kier molecular flexibility index (Phi) is 2.88. The van der Waals surface area contributed by atoms with E-state index in [4.69, 9.17) is 0 Å². The van der Waals surface area contributed by atoms with E-state index >= 15 is 0 Å². The number of aromatic nitrogens is 1. The fraction of sp³-hybridized carbons (Fsp3) is 0.500. The van der Waals surface area contributed by atoms with Crippen LogP contribution in [0, 0.1) is 0 Å². The van der Waals surface area contributed by atoms with E-state index in [1.807, 2.05) is 0 Å². The van der Waals surface area contributed by atoms with Gasteiger partial charge in [-0.3, -0.25) is 0 Å². The molecule has 0 saturated carbocycles. The summed E-state index contributed by atoms with van der Waals surface area (Å²) in [6, 6.07) is 4.24. The second kappa shape index (κ2) is 3.89. The van der Waals surface area contributed by atoms with Crippen molar-refractivity contribution in [2.24, 2.45) is 0 Å². The van der Waals surface area contributed by atoms with E-state index in [1.54, 1.807) is 0 Å². The van der Waals surface area contributed by atoms with Crippen molar-refractivity contribution in [3.63, 3.8) is 0 Å². The molecule has 1 aromatic heterocycles. The van der Waals surface area contributed by atoms with E-state index < -0.39 is 21.1 Å². The van der Waals surface area contributed by atoms with E-state index in [2.05, 4.69) is 37.9 Å². The van der Waals surface area contributed by atoms with Crippen molar-refractivity contribution in [1.82, 2.24) is 4.98 Å². The summed E-state index contributed by atoms with van der Waals surface area (Å²) in [4.78, 5) is 16.1. The molecule has 1 heterocycles. The third-order valence-corrected chi connectivity index (χ3v) is 6.03. The summed E-state index contributed by atoms with van der Waals surface area (Å²) in [7, 11) is 0. The Morgan fingerprint density at radius 3 is 2.67 bits per heavy atom. The number of ketones is 1. The van der Waals surface area contributed by atoms with Crippen LogP contribution < -0.4 is 3.71 Å². The second-order valence-electron chi connectivity index (χ2n) is 5.00. The Hall–Kier alpha value is -0.381. The summed E-state index contributed by atoms with van der Waals surface area (Å²) in [6.07, 6.45) is 1.55. The number of hydrogen-bond donors (Lipinski definition) is 0. The molecular formula is C12H15NOSn. The number of hydrogen-bond acceptors (Lipinski definition) is 2. The predicted octanol–water partition coefficient (Wildman–Crippen LogP) is 1.76. The normalized spacial score (nSPS) is 15.5. The number of rotatable bonds is 1. The number of Topliss-reactive ketones (excluding diaryl/α,β-unsaturated/α-hetero) is 1. The number of carbonyl (C=O) groups is 1. The van der Waals surface area contributed by atoms with Gasteiger partial charge in [0, 0.05) is 0 Å².